The molecule has 126 valence electrons. The summed E-state index contributed by atoms with van der Waals surface area (Å²) >= 11 is 0. The fourth-order valence-electron chi connectivity index (χ4n) is 3.86. The first-order valence-corrected chi connectivity index (χ1v) is 9.07. The lowest BCUT2D eigenvalue weighted by Gasteiger charge is -2.34. The second-order valence-electron chi connectivity index (χ2n) is 7.27. The molecule has 0 aromatic carbocycles. The number of rotatable bonds is 5. The molecule has 1 aromatic rings. The normalized spacial score (nSPS) is 24.7. The topological polar surface area (TPSA) is 53.4 Å². The Morgan fingerprint density at radius 2 is 2.13 bits per heavy atom. The summed E-state index contributed by atoms with van der Waals surface area (Å²) in [6, 6.07) is 2.62. The molecule has 1 saturated heterocycles. The number of hydrogen-bond acceptors (Lipinski definition) is 3. The van der Waals surface area contributed by atoms with Gasteiger partial charge in [-0.2, -0.15) is 5.10 Å². The Bertz CT molecular complexity index is 547. The van der Waals surface area contributed by atoms with Crippen LogP contribution in [0.1, 0.15) is 43.8 Å². The summed E-state index contributed by atoms with van der Waals surface area (Å²) in [6.07, 6.45) is 7.94. The Kier molecular flexibility index (Phi) is 4.25. The highest BCUT2D eigenvalue weighted by Gasteiger charge is 2.30. The first kappa shape index (κ1) is 15.0. The van der Waals surface area contributed by atoms with E-state index in [1.54, 1.807) is 0 Å². The van der Waals surface area contributed by atoms with Crippen molar-refractivity contribution in [3.8, 4) is 0 Å². The van der Waals surface area contributed by atoms with Gasteiger partial charge in [0.15, 0.2) is 0 Å². The molecule has 1 atom stereocenters. The van der Waals surface area contributed by atoms with Crippen LogP contribution >= 0.6 is 0 Å². The molecule has 2 fully saturated rings. The Morgan fingerprint density at radius 3 is 2.91 bits per heavy atom. The van der Waals surface area contributed by atoms with Gasteiger partial charge in [-0.25, -0.2) is 4.79 Å². The van der Waals surface area contributed by atoms with E-state index >= 15 is 0 Å². The van der Waals surface area contributed by atoms with Crippen molar-refractivity contribution >= 4 is 6.03 Å². The number of hydrogen-bond donors (Lipinski definition) is 1. The van der Waals surface area contributed by atoms with Crippen molar-refractivity contribution in [3.63, 3.8) is 0 Å². The number of urea groups is 1. The number of likely N-dealkylation sites (tertiary alicyclic amines) is 1. The molecule has 0 radical (unpaired) electrons. The monoisotopic (exact) mass is 317 g/mol. The molecule has 1 N–H and O–H groups in total. The maximum atomic E-state index is 12.1. The summed E-state index contributed by atoms with van der Waals surface area (Å²) in [5, 5.41) is 7.60. The van der Waals surface area contributed by atoms with Crippen LogP contribution in [0.15, 0.2) is 12.3 Å². The summed E-state index contributed by atoms with van der Waals surface area (Å²) in [6.45, 7) is 5.86. The van der Waals surface area contributed by atoms with Gasteiger partial charge in [0, 0.05) is 45.5 Å². The van der Waals surface area contributed by atoms with E-state index in [0.717, 1.165) is 57.9 Å². The van der Waals surface area contributed by atoms with Gasteiger partial charge in [-0.1, -0.05) is 0 Å². The van der Waals surface area contributed by atoms with Crippen LogP contribution in [0.2, 0.25) is 0 Å². The highest BCUT2D eigenvalue weighted by Crippen LogP contribution is 2.32. The maximum Gasteiger partial charge on any atom is 0.317 e. The number of aromatic nitrogens is 2. The Labute approximate surface area is 137 Å². The molecule has 0 unspecified atom stereocenters. The van der Waals surface area contributed by atoms with Gasteiger partial charge in [-0.3, -0.25) is 9.58 Å². The zero-order valence-corrected chi connectivity index (χ0v) is 13.8. The summed E-state index contributed by atoms with van der Waals surface area (Å²) in [4.78, 5) is 16.6. The van der Waals surface area contributed by atoms with Crippen LogP contribution in [0.3, 0.4) is 0 Å². The van der Waals surface area contributed by atoms with Crippen molar-refractivity contribution in [2.75, 3.05) is 32.7 Å². The molecule has 3 aliphatic rings. The SMILES string of the molecule is O=C(NCC[C@H]1CN(CC2CC2)Cc2ccnn21)N1CCCC1. The van der Waals surface area contributed by atoms with Gasteiger partial charge in [-0.15, -0.1) is 0 Å². The molecular weight excluding hydrogens is 290 g/mol. The summed E-state index contributed by atoms with van der Waals surface area (Å²) in [5.74, 6) is 0.917. The molecule has 0 bridgehead atoms. The lowest BCUT2D eigenvalue weighted by Crippen LogP contribution is -2.42. The van der Waals surface area contributed by atoms with E-state index in [-0.39, 0.29) is 6.03 Å². The van der Waals surface area contributed by atoms with Crippen molar-refractivity contribution in [1.29, 1.82) is 0 Å². The quantitative estimate of drug-likeness (QED) is 0.902. The van der Waals surface area contributed by atoms with E-state index in [2.05, 4.69) is 26.1 Å². The number of nitrogens with zero attached hydrogens (tertiary/aromatic N) is 4. The molecule has 2 amide bonds. The third-order valence-corrected chi connectivity index (χ3v) is 5.31. The summed E-state index contributed by atoms with van der Waals surface area (Å²) in [5.41, 5.74) is 1.31. The van der Waals surface area contributed by atoms with Crippen molar-refractivity contribution < 1.29 is 4.79 Å². The third kappa shape index (κ3) is 3.52. The molecular formula is C17H27N5O. The highest BCUT2D eigenvalue weighted by atomic mass is 16.2. The van der Waals surface area contributed by atoms with Gasteiger partial charge in [-0.05, 0) is 44.1 Å². The average Bonchev–Trinajstić information content (AvgIpc) is 3.05. The van der Waals surface area contributed by atoms with E-state index in [4.69, 9.17) is 0 Å². The van der Waals surface area contributed by atoms with Crippen molar-refractivity contribution in [3.05, 3.63) is 18.0 Å². The maximum absolute atomic E-state index is 12.1. The standard InChI is InChI=1S/C17H27N5O/c23-17(21-9-1-2-10-21)18-7-5-15-12-20(11-14-3-4-14)13-16-6-8-19-22(15)16/h6,8,14-15H,1-5,7,9-13H2,(H,18,23)/t15-/m0/s1. The minimum atomic E-state index is 0.105. The molecule has 23 heavy (non-hydrogen) atoms. The number of carbonyl (C=O) groups excluding carboxylic acids is 1. The van der Waals surface area contributed by atoms with E-state index in [1.807, 2.05) is 11.1 Å². The fourth-order valence-corrected chi connectivity index (χ4v) is 3.86. The molecule has 2 aliphatic heterocycles. The Hall–Kier alpha value is -1.56. The number of fused-ring (bicyclic) bond motifs is 1. The number of nitrogens with one attached hydrogen (secondary N) is 1. The first-order valence-electron chi connectivity index (χ1n) is 9.07. The molecule has 6 nitrogen and oxygen atoms in total. The summed E-state index contributed by atoms with van der Waals surface area (Å²) < 4.78 is 2.17. The predicted molar refractivity (Wildman–Crippen MR) is 88.1 cm³/mol. The van der Waals surface area contributed by atoms with Crippen molar-refractivity contribution in [1.82, 2.24) is 24.9 Å². The largest absolute Gasteiger partial charge is 0.338 e. The zero-order valence-electron chi connectivity index (χ0n) is 13.8. The predicted octanol–water partition coefficient (Wildman–Crippen LogP) is 1.85. The molecule has 0 spiro atoms. The minimum absolute atomic E-state index is 0.105. The van der Waals surface area contributed by atoms with Crippen LogP contribution in [0.25, 0.3) is 0 Å². The van der Waals surface area contributed by atoms with Crippen LogP contribution in [0, 0.1) is 5.92 Å². The third-order valence-electron chi connectivity index (χ3n) is 5.31. The smallest absolute Gasteiger partial charge is 0.317 e. The summed E-state index contributed by atoms with van der Waals surface area (Å²) in [7, 11) is 0. The average molecular weight is 317 g/mol. The molecule has 1 aromatic heterocycles. The van der Waals surface area contributed by atoms with Crippen LogP contribution in [0.5, 0.6) is 0 Å². The van der Waals surface area contributed by atoms with Crippen LogP contribution in [-0.2, 0) is 6.54 Å². The lowest BCUT2D eigenvalue weighted by atomic mass is 10.1. The minimum Gasteiger partial charge on any atom is -0.338 e. The van der Waals surface area contributed by atoms with Gasteiger partial charge in [0.1, 0.15) is 0 Å². The van der Waals surface area contributed by atoms with E-state index < -0.39 is 0 Å². The molecule has 6 heteroatoms. The molecule has 3 heterocycles. The number of amides is 2. The first-order chi connectivity index (χ1) is 11.3. The van der Waals surface area contributed by atoms with Crippen molar-refractivity contribution in [2.45, 2.75) is 44.7 Å². The second-order valence-corrected chi connectivity index (χ2v) is 7.27. The van der Waals surface area contributed by atoms with Crippen molar-refractivity contribution in [2.24, 2.45) is 5.92 Å². The number of carbonyl (C=O) groups is 1. The Morgan fingerprint density at radius 1 is 1.30 bits per heavy atom. The van der Waals surface area contributed by atoms with Crippen LogP contribution in [0.4, 0.5) is 4.79 Å². The van der Waals surface area contributed by atoms with Crippen LogP contribution < -0.4 is 5.32 Å². The molecule has 1 saturated carbocycles. The lowest BCUT2D eigenvalue weighted by molar-refractivity contribution is 0.161. The highest BCUT2D eigenvalue weighted by molar-refractivity contribution is 5.74. The van der Waals surface area contributed by atoms with E-state index in [9.17, 15) is 4.79 Å². The van der Waals surface area contributed by atoms with E-state index in [1.165, 1.54) is 25.1 Å². The van der Waals surface area contributed by atoms with E-state index in [0.29, 0.717) is 6.04 Å². The molecule has 4 rings (SSSR count). The van der Waals surface area contributed by atoms with Gasteiger partial charge in [0.05, 0.1) is 11.7 Å². The van der Waals surface area contributed by atoms with Gasteiger partial charge < -0.3 is 10.2 Å². The Balaban J connectivity index is 1.31. The van der Waals surface area contributed by atoms with Gasteiger partial charge in [0.25, 0.3) is 0 Å². The van der Waals surface area contributed by atoms with Gasteiger partial charge >= 0.3 is 6.03 Å². The molecule has 1 aliphatic carbocycles. The van der Waals surface area contributed by atoms with Crippen LogP contribution in [-0.4, -0.2) is 58.3 Å². The fraction of sp³-hybridized carbons (Fsp3) is 0.765. The second kappa shape index (κ2) is 6.51. The zero-order chi connectivity index (χ0) is 15.6. The van der Waals surface area contributed by atoms with Gasteiger partial charge in [0.2, 0.25) is 0 Å².